The van der Waals surface area contributed by atoms with Gasteiger partial charge in [-0.25, -0.2) is 0 Å². The molecule has 0 N–H and O–H groups in total. The lowest BCUT2D eigenvalue weighted by molar-refractivity contribution is 0.391. The van der Waals surface area contributed by atoms with Crippen molar-refractivity contribution in [2.45, 2.75) is 31.7 Å². The minimum Gasteiger partial charge on any atom is -0.338 e. The lowest BCUT2D eigenvalue weighted by Gasteiger charge is -2.08. The Balaban J connectivity index is 1.53. The van der Waals surface area contributed by atoms with Crippen molar-refractivity contribution in [3.63, 3.8) is 0 Å². The normalized spacial score (nSPS) is 11.1. The first kappa shape index (κ1) is 17.5. The van der Waals surface area contributed by atoms with Gasteiger partial charge in [-0.05, 0) is 38.5 Å². The minimum absolute atomic E-state index is 0.531. The quantitative estimate of drug-likeness (QED) is 0.476. The standard InChI is InChI=1S/C20H19N5OS/c1-13-7-9-16(10-8-13)19-21-18(26-24-19)12-27-20-23-22-15(3)25(20)17-6-4-5-14(2)11-17/h4-11H,12H2,1-3H3. The SMILES string of the molecule is Cc1ccc(-c2noc(CSc3nnc(C)n3-c3cccc(C)c3)n2)cc1. The highest BCUT2D eigenvalue weighted by molar-refractivity contribution is 7.98. The van der Waals surface area contributed by atoms with E-state index in [1.807, 2.05) is 41.8 Å². The molecule has 4 rings (SSSR count). The van der Waals surface area contributed by atoms with Crippen LogP contribution in [0.2, 0.25) is 0 Å². The Morgan fingerprint density at radius 1 is 0.963 bits per heavy atom. The molecule has 0 spiro atoms. The summed E-state index contributed by atoms with van der Waals surface area (Å²) in [5.41, 5.74) is 4.38. The van der Waals surface area contributed by atoms with Crippen molar-refractivity contribution in [1.82, 2.24) is 24.9 Å². The molecule has 0 saturated carbocycles. The summed E-state index contributed by atoms with van der Waals surface area (Å²) in [6.07, 6.45) is 0. The van der Waals surface area contributed by atoms with Crippen LogP contribution in [0.5, 0.6) is 0 Å². The highest BCUT2D eigenvalue weighted by Crippen LogP contribution is 2.26. The van der Waals surface area contributed by atoms with Crippen LogP contribution in [0.4, 0.5) is 0 Å². The van der Waals surface area contributed by atoms with Crippen LogP contribution in [-0.4, -0.2) is 24.9 Å². The van der Waals surface area contributed by atoms with Gasteiger partial charge < -0.3 is 4.52 Å². The summed E-state index contributed by atoms with van der Waals surface area (Å²) in [5.74, 6) is 2.53. The van der Waals surface area contributed by atoms with Crippen molar-refractivity contribution >= 4 is 11.8 Å². The van der Waals surface area contributed by atoms with Crippen molar-refractivity contribution in [1.29, 1.82) is 0 Å². The Hall–Kier alpha value is -2.93. The number of hydrogen-bond acceptors (Lipinski definition) is 6. The molecule has 0 aliphatic rings. The van der Waals surface area contributed by atoms with Crippen molar-refractivity contribution in [2.24, 2.45) is 0 Å². The molecule has 0 aliphatic heterocycles. The Bertz CT molecular complexity index is 1070. The summed E-state index contributed by atoms with van der Waals surface area (Å²) in [6.45, 7) is 6.07. The van der Waals surface area contributed by atoms with Gasteiger partial charge in [0.25, 0.3) is 0 Å². The molecule has 27 heavy (non-hydrogen) atoms. The topological polar surface area (TPSA) is 69.6 Å². The van der Waals surface area contributed by atoms with Gasteiger partial charge in [-0.15, -0.1) is 10.2 Å². The highest BCUT2D eigenvalue weighted by atomic mass is 32.2. The zero-order chi connectivity index (χ0) is 18.8. The average molecular weight is 377 g/mol. The van der Waals surface area contributed by atoms with Gasteiger partial charge in [-0.2, -0.15) is 4.98 Å². The number of aryl methyl sites for hydroxylation is 3. The van der Waals surface area contributed by atoms with Crippen LogP contribution < -0.4 is 0 Å². The summed E-state index contributed by atoms with van der Waals surface area (Å²) in [7, 11) is 0. The molecule has 0 saturated heterocycles. The van der Waals surface area contributed by atoms with E-state index in [9.17, 15) is 0 Å². The lowest BCUT2D eigenvalue weighted by Crippen LogP contribution is -1.99. The van der Waals surface area contributed by atoms with Crippen LogP contribution in [0.1, 0.15) is 22.8 Å². The Kier molecular flexibility index (Phi) is 4.77. The molecule has 0 bridgehead atoms. The van der Waals surface area contributed by atoms with Crippen molar-refractivity contribution in [3.8, 4) is 17.1 Å². The van der Waals surface area contributed by atoms with Gasteiger partial charge in [0.1, 0.15) is 5.82 Å². The smallest absolute Gasteiger partial charge is 0.237 e. The van der Waals surface area contributed by atoms with Crippen molar-refractivity contribution in [3.05, 3.63) is 71.4 Å². The Morgan fingerprint density at radius 3 is 2.56 bits per heavy atom. The second-order valence-electron chi connectivity index (χ2n) is 6.37. The summed E-state index contributed by atoms with van der Waals surface area (Å²) < 4.78 is 7.44. The first-order valence-corrected chi connectivity index (χ1v) is 9.60. The molecule has 0 aliphatic carbocycles. The van der Waals surface area contributed by atoms with Gasteiger partial charge in [0.15, 0.2) is 5.16 Å². The molecule has 0 atom stereocenters. The summed E-state index contributed by atoms with van der Waals surface area (Å²) >= 11 is 1.53. The molecular weight excluding hydrogens is 358 g/mol. The van der Waals surface area contributed by atoms with Crippen molar-refractivity contribution in [2.75, 3.05) is 0 Å². The van der Waals surface area contributed by atoms with Gasteiger partial charge in [0.05, 0.1) is 5.75 Å². The zero-order valence-corrected chi connectivity index (χ0v) is 16.2. The van der Waals surface area contributed by atoms with Crippen LogP contribution in [0.3, 0.4) is 0 Å². The number of thioether (sulfide) groups is 1. The second kappa shape index (κ2) is 7.36. The van der Waals surface area contributed by atoms with Crippen LogP contribution in [0.25, 0.3) is 17.1 Å². The third-order valence-electron chi connectivity index (χ3n) is 4.16. The molecule has 2 aromatic carbocycles. The first-order chi connectivity index (χ1) is 13.1. The number of benzene rings is 2. The lowest BCUT2D eigenvalue weighted by atomic mass is 10.1. The van der Waals surface area contributed by atoms with Crippen LogP contribution in [0.15, 0.2) is 58.2 Å². The number of rotatable bonds is 5. The maximum atomic E-state index is 5.40. The summed E-state index contributed by atoms with van der Waals surface area (Å²) in [5, 5.41) is 13.4. The second-order valence-corrected chi connectivity index (χ2v) is 7.31. The van der Waals surface area contributed by atoms with E-state index in [-0.39, 0.29) is 0 Å². The molecule has 0 radical (unpaired) electrons. The fraction of sp³-hybridized carbons (Fsp3) is 0.200. The first-order valence-electron chi connectivity index (χ1n) is 8.61. The van der Waals surface area contributed by atoms with Gasteiger partial charge in [0, 0.05) is 11.3 Å². The van der Waals surface area contributed by atoms with Crippen LogP contribution >= 0.6 is 11.8 Å². The van der Waals surface area contributed by atoms with E-state index in [1.54, 1.807) is 0 Å². The Morgan fingerprint density at radius 2 is 1.78 bits per heavy atom. The monoisotopic (exact) mass is 377 g/mol. The fourth-order valence-electron chi connectivity index (χ4n) is 2.76. The van der Waals surface area contributed by atoms with Gasteiger partial charge in [-0.1, -0.05) is 58.9 Å². The molecule has 0 amide bonds. The molecule has 6 nitrogen and oxygen atoms in total. The molecular formula is C20H19N5OS. The molecule has 0 fully saturated rings. The predicted molar refractivity (Wildman–Crippen MR) is 105 cm³/mol. The van der Waals surface area contributed by atoms with E-state index in [1.165, 1.54) is 22.9 Å². The fourth-order valence-corrected chi connectivity index (χ4v) is 3.60. The van der Waals surface area contributed by atoms with Crippen molar-refractivity contribution < 1.29 is 4.52 Å². The van der Waals surface area contributed by atoms with E-state index in [0.29, 0.717) is 17.5 Å². The number of hydrogen-bond donors (Lipinski definition) is 0. The molecule has 4 aromatic rings. The molecule has 0 unspecified atom stereocenters. The maximum absolute atomic E-state index is 5.40. The van der Waals surface area contributed by atoms with E-state index < -0.39 is 0 Å². The molecule has 136 valence electrons. The van der Waals surface area contributed by atoms with E-state index in [2.05, 4.69) is 52.4 Å². The molecule has 2 aromatic heterocycles. The number of nitrogens with zero attached hydrogens (tertiary/aromatic N) is 5. The van der Waals surface area contributed by atoms with Gasteiger partial charge in [0.2, 0.25) is 11.7 Å². The zero-order valence-electron chi connectivity index (χ0n) is 15.4. The summed E-state index contributed by atoms with van der Waals surface area (Å²) in [6, 6.07) is 16.3. The number of aromatic nitrogens is 5. The van der Waals surface area contributed by atoms with Gasteiger partial charge >= 0.3 is 0 Å². The largest absolute Gasteiger partial charge is 0.338 e. The maximum Gasteiger partial charge on any atom is 0.237 e. The third kappa shape index (κ3) is 3.78. The van der Waals surface area contributed by atoms with Crippen LogP contribution in [0, 0.1) is 20.8 Å². The van der Waals surface area contributed by atoms with E-state index in [0.717, 1.165) is 22.2 Å². The molecule has 2 heterocycles. The van der Waals surface area contributed by atoms with Gasteiger partial charge in [-0.3, -0.25) is 4.57 Å². The predicted octanol–water partition coefficient (Wildman–Crippen LogP) is 4.53. The highest BCUT2D eigenvalue weighted by Gasteiger charge is 2.14. The van der Waals surface area contributed by atoms with E-state index in [4.69, 9.17) is 4.52 Å². The molecule has 7 heteroatoms. The van der Waals surface area contributed by atoms with Crippen LogP contribution in [-0.2, 0) is 5.75 Å². The third-order valence-corrected chi connectivity index (χ3v) is 5.07. The average Bonchev–Trinajstić information content (AvgIpc) is 3.27. The summed E-state index contributed by atoms with van der Waals surface area (Å²) in [4.78, 5) is 4.49. The van der Waals surface area contributed by atoms with E-state index >= 15 is 0 Å². The minimum atomic E-state index is 0.531. The Labute approximate surface area is 161 Å².